The van der Waals surface area contributed by atoms with Crippen molar-refractivity contribution in [3.05, 3.63) is 34.3 Å². The Kier molecular flexibility index (Phi) is 5.44. The summed E-state index contributed by atoms with van der Waals surface area (Å²) in [5.74, 6) is 0.479. The lowest BCUT2D eigenvalue weighted by atomic mass is 9.88. The van der Waals surface area contributed by atoms with E-state index in [-0.39, 0.29) is 17.9 Å². The molecule has 1 N–H and O–H groups in total. The number of hydrogen-bond acceptors (Lipinski definition) is 1. The highest BCUT2D eigenvalue weighted by Crippen LogP contribution is 2.26. The van der Waals surface area contributed by atoms with Gasteiger partial charge < -0.3 is 5.32 Å². The first-order chi connectivity index (χ1) is 9.20. The van der Waals surface area contributed by atoms with Gasteiger partial charge in [0.15, 0.2) is 0 Å². The number of halogens is 1. The first-order valence-corrected chi connectivity index (χ1v) is 8.06. The Morgan fingerprint density at radius 3 is 2.47 bits per heavy atom. The van der Waals surface area contributed by atoms with E-state index in [1.807, 2.05) is 12.1 Å². The van der Waals surface area contributed by atoms with Crippen molar-refractivity contribution in [3.63, 3.8) is 0 Å². The first-order valence-electron chi connectivity index (χ1n) is 7.26. The maximum atomic E-state index is 12.3. The molecule has 1 amide bonds. The lowest BCUT2D eigenvalue weighted by molar-refractivity contribution is -0.126. The molecule has 19 heavy (non-hydrogen) atoms. The number of hydrogen-bond donors (Lipinski definition) is 1. The third-order valence-electron chi connectivity index (χ3n) is 3.97. The Morgan fingerprint density at radius 1 is 1.26 bits per heavy atom. The zero-order chi connectivity index (χ0) is 13.7. The first kappa shape index (κ1) is 14.6. The van der Waals surface area contributed by atoms with Crippen LogP contribution in [0, 0.1) is 5.92 Å². The lowest BCUT2D eigenvalue weighted by Crippen LogP contribution is -2.34. The van der Waals surface area contributed by atoms with E-state index in [9.17, 15) is 4.79 Å². The van der Waals surface area contributed by atoms with Crippen LogP contribution in [0.4, 0.5) is 0 Å². The summed E-state index contributed by atoms with van der Waals surface area (Å²) in [4.78, 5) is 12.3. The fraction of sp³-hybridized carbons (Fsp3) is 0.562. The van der Waals surface area contributed by atoms with Gasteiger partial charge in [0.25, 0.3) is 0 Å². The van der Waals surface area contributed by atoms with Crippen LogP contribution in [0.5, 0.6) is 0 Å². The largest absolute Gasteiger partial charge is 0.349 e. The molecule has 1 atom stereocenters. The highest BCUT2D eigenvalue weighted by Gasteiger charge is 2.23. The smallest absolute Gasteiger partial charge is 0.223 e. The molecular weight excluding hydrogens is 302 g/mol. The third kappa shape index (κ3) is 4.07. The van der Waals surface area contributed by atoms with Crippen molar-refractivity contribution >= 4 is 21.8 Å². The number of amides is 1. The summed E-state index contributed by atoms with van der Waals surface area (Å²) in [6.45, 7) is 2.12. The molecule has 0 bridgehead atoms. The van der Waals surface area contributed by atoms with Gasteiger partial charge in [0.2, 0.25) is 5.91 Å². The van der Waals surface area contributed by atoms with Crippen LogP contribution in [0.3, 0.4) is 0 Å². The second-order valence-corrected chi connectivity index (χ2v) is 6.27. The van der Waals surface area contributed by atoms with Crippen molar-refractivity contribution in [2.75, 3.05) is 0 Å². The summed E-state index contributed by atoms with van der Waals surface area (Å²) in [6.07, 6.45) is 6.74. The molecule has 1 aliphatic rings. The third-order valence-corrected chi connectivity index (χ3v) is 4.50. The monoisotopic (exact) mass is 323 g/mol. The maximum absolute atomic E-state index is 12.3. The van der Waals surface area contributed by atoms with Crippen LogP contribution in [0.2, 0.25) is 0 Å². The molecule has 2 rings (SSSR count). The maximum Gasteiger partial charge on any atom is 0.223 e. The fourth-order valence-electron chi connectivity index (χ4n) is 2.77. The van der Waals surface area contributed by atoms with E-state index < -0.39 is 0 Å². The molecule has 3 heteroatoms. The van der Waals surface area contributed by atoms with Gasteiger partial charge in [-0.25, -0.2) is 0 Å². The van der Waals surface area contributed by atoms with Gasteiger partial charge in [-0.15, -0.1) is 0 Å². The van der Waals surface area contributed by atoms with Crippen LogP contribution in [0.1, 0.15) is 57.1 Å². The molecule has 0 aromatic heterocycles. The van der Waals surface area contributed by atoms with Crippen molar-refractivity contribution in [2.45, 2.75) is 51.5 Å². The number of carbonyl (C=O) groups excluding carboxylic acids is 1. The van der Waals surface area contributed by atoms with E-state index in [4.69, 9.17) is 0 Å². The molecule has 0 saturated heterocycles. The van der Waals surface area contributed by atoms with Crippen molar-refractivity contribution in [1.82, 2.24) is 5.32 Å². The summed E-state index contributed by atoms with van der Waals surface area (Å²) in [6, 6.07) is 8.37. The van der Waals surface area contributed by atoms with E-state index in [1.54, 1.807) is 0 Å². The summed E-state index contributed by atoms with van der Waals surface area (Å²) in [5, 5.41) is 3.22. The standard InChI is InChI=1S/C16H22BrNO/c1-2-15(12-8-10-14(17)11-9-12)18-16(19)13-6-4-3-5-7-13/h8-11,13,15H,2-7H2,1H3,(H,18,19). The Labute approximate surface area is 124 Å². The molecule has 1 unspecified atom stereocenters. The average molecular weight is 324 g/mol. The number of rotatable bonds is 4. The SMILES string of the molecule is CCC(NC(=O)C1CCCCC1)c1ccc(Br)cc1. The van der Waals surface area contributed by atoms with E-state index in [1.165, 1.54) is 24.8 Å². The van der Waals surface area contributed by atoms with Crippen LogP contribution in [0.25, 0.3) is 0 Å². The van der Waals surface area contributed by atoms with E-state index in [2.05, 4.69) is 40.3 Å². The molecule has 2 nitrogen and oxygen atoms in total. The average Bonchev–Trinajstić information content (AvgIpc) is 2.46. The molecule has 0 spiro atoms. The Morgan fingerprint density at radius 2 is 1.89 bits per heavy atom. The minimum absolute atomic E-state index is 0.141. The minimum Gasteiger partial charge on any atom is -0.349 e. The summed E-state index contributed by atoms with van der Waals surface area (Å²) in [7, 11) is 0. The van der Waals surface area contributed by atoms with Crippen LogP contribution in [-0.2, 0) is 4.79 Å². The molecule has 1 aromatic carbocycles. The van der Waals surface area contributed by atoms with Crippen LogP contribution in [0.15, 0.2) is 28.7 Å². The van der Waals surface area contributed by atoms with E-state index in [0.29, 0.717) is 0 Å². The van der Waals surface area contributed by atoms with Crippen molar-refractivity contribution in [2.24, 2.45) is 5.92 Å². The van der Waals surface area contributed by atoms with Gasteiger partial charge in [-0.1, -0.05) is 54.2 Å². The van der Waals surface area contributed by atoms with Gasteiger partial charge >= 0.3 is 0 Å². The van der Waals surface area contributed by atoms with Gasteiger partial charge in [0, 0.05) is 10.4 Å². The summed E-state index contributed by atoms with van der Waals surface area (Å²) in [5.41, 5.74) is 1.19. The van der Waals surface area contributed by atoms with Gasteiger partial charge in [0.1, 0.15) is 0 Å². The number of carbonyl (C=O) groups is 1. The van der Waals surface area contributed by atoms with E-state index >= 15 is 0 Å². The molecular formula is C16H22BrNO. The van der Waals surface area contributed by atoms with E-state index in [0.717, 1.165) is 23.7 Å². The summed E-state index contributed by atoms with van der Waals surface area (Å²) >= 11 is 3.44. The van der Waals surface area contributed by atoms with Crippen molar-refractivity contribution in [3.8, 4) is 0 Å². The summed E-state index contributed by atoms with van der Waals surface area (Å²) < 4.78 is 1.07. The van der Waals surface area contributed by atoms with Gasteiger partial charge in [-0.2, -0.15) is 0 Å². The van der Waals surface area contributed by atoms with Crippen molar-refractivity contribution in [1.29, 1.82) is 0 Å². The highest BCUT2D eigenvalue weighted by molar-refractivity contribution is 9.10. The second kappa shape index (κ2) is 7.09. The zero-order valence-electron chi connectivity index (χ0n) is 11.5. The van der Waals surface area contributed by atoms with Crippen LogP contribution < -0.4 is 5.32 Å². The van der Waals surface area contributed by atoms with Gasteiger partial charge in [-0.3, -0.25) is 4.79 Å². The Bertz CT molecular complexity index is 409. The Hall–Kier alpha value is -0.830. The van der Waals surface area contributed by atoms with Gasteiger partial charge in [-0.05, 0) is 37.0 Å². The quantitative estimate of drug-likeness (QED) is 0.862. The predicted molar refractivity (Wildman–Crippen MR) is 81.9 cm³/mol. The molecule has 1 aliphatic carbocycles. The molecule has 1 fully saturated rings. The predicted octanol–water partition coefficient (Wildman–Crippen LogP) is 4.60. The molecule has 1 saturated carbocycles. The number of benzene rings is 1. The minimum atomic E-state index is 0.141. The fourth-order valence-corrected chi connectivity index (χ4v) is 3.03. The molecule has 0 aliphatic heterocycles. The van der Waals surface area contributed by atoms with Crippen molar-refractivity contribution < 1.29 is 4.79 Å². The molecule has 104 valence electrons. The lowest BCUT2D eigenvalue weighted by Gasteiger charge is -2.24. The normalized spacial score (nSPS) is 18.0. The zero-order valence-corrected chi connectivity index (χ0v) is 13.1. The Balaban J connectivity index is 1.98. The second-order valence-electron chi connectivity index (χ2n) is 5.36. The van der Waals surface area contributed by atoms with Crippen LogP contribution in [-0.4, -0.2) is 5.91 Å². The van der Waals surface area contributed by atoms with Gasteiger partial charge in [0.05, 0.1) is 6.04 Å². The number of nitrogens with one attached hydrogen (secondary N) is 1. The molecule has 1 aromatic rings. The topological polar surface area (TPSA) is 29.1 Å². The molecule has 0 heterocycles. The molecule has 0 radical (unpaired) electrons. The van der Waals surface area contributed by atoms with Crippen LogP contribution >= 0.6 is 15.9 Å². The highest BCUT2D eigenvalue weighted by atomic mass is 79.9.